The molecule has 0 fully saturated rings. The normalized spacial score (nSPS) is 12.9. The van der Waals surface area contributed by atoms with E-state index in [0.717, 1.165) is 55.6 Å². The van der Waals surface area contributed by atoms with Crippen molar-refractivity contribution in [2.24, 2.45) is 0 Å². The van der Waals surface area contributed by atoms with Gasteiger partial charge in [0, 0.05) is 114 Å². The minimum absolute atomic E-state index is 0.00860. The number of aromatic hydroxyl groups is 2. The smallest absolute Gasteiger partial charge is 0.192 e. The zero-order chi connectivity index (χ0) is 81.4. The number of allylic oxidation sites excluding steroid dienone is 5. The highest BCUT2D eigenvalue weighted by atomic mass is 28.3. The van der Waals surface area contributed by atoms with Crippen LogP contribution in [0.2, 0.25) is 103 Å². The highest BCUT2D eigenvalue weighted by Gasteiger charge is 2.26. The molecule has 0 heterocycles. The molecule has 0 atom stereocenters. The second-order valence-electron chi connectivity index (χ2n) is 34.2. The summed E-state index contributed by atoms with van der Waals surface area (Å²) < 4.78 is 22.1. The van der Waals surface area contributed by atoms with Crippen molar-refractivity contribution in [2.45, 2.75) is 233 Å². The van der Waals surface area contributed by atoms with Crippen molar-refractivity contribution in [3.05, 3.63) is 207 Å². The van der Waals surface area contributed by atoms with E-state index in [9.17, 15) is 49.8 Å². The van der Waals surface area contributed by atoms with Crippen LogP contribution >= 0.6 is 0 Å². The lowest BCUT2D eigenvalue weighted by Crippen LogP contribution is -2.22. The Morgan fingerprint density at radius 2 is 0.546 bits per heavy atom. The minimum Gasteiger partial charge on any atom is -0.512 e. The van der Waals surface area contributed by atoms with Crippen LogP contribution in [0.1, 0.15) is 166 Å². The van der Waals surface area contributed by atoms with Gasteiger partial charge in [-0.15, -0.1) is 0 Å². The number of aliphatic hydroxyl groups is 6. The van der Waals surface area contributed by atoms with Crippen LogP contribution in [0.5, 0.6) is 34.5 Å². The first-order valence-corrected chi connectivity index (χ1v) is 52.6. The van der Waals surface area contributed by atoms with E-state index < -0.39 is 32.3 Å². The molecule has 6 aromatic carbocycles. The molecular weight excluding hydrogens is 1430 g/mol. The fraction of sp³-hybridized carbons (Fsp3) is 0.455. The second-order valence-corrected chi connectivity index (χ2v) is 56.6. The summed E-state index contributed by atoms with van der Waals surface area (Å²) in [6, 6.07) is 45.1. The number of hydrogen-bond acceptors (Lipinski definition) is 16. The van der Waals surface area contributed by atoms with Crippen molar-refractivity contribution in [1.29, 1.82) is 0 Å². The average Bonchev–Trinajstić information content (AvgIpc) is 0.831. The Morgan fingerprint density at radius 3 is 0.796 bits per heavy atom. The van der Waals surface area contributed by atoms with Crippen molar-refractivity contribution >= 4 is 72.7 Å². The van der Waals surface area contributed by atoms with E-state index >= 15 is 0 Å². The number of carbonyl (C=O) groups excluding carboxylic acids is 4. The summed E-state index contributed by atoms with van der Waals surface area (Å²) >= 11 is 0. The molecule has 6 aromatic rings. The SMILES string of the molecule is CC(C)(C)Oc1ccc(C(=O)/C(CCC[Si](C)(C)C)=C(\O)c2ccc(OC(C)(C)C)cc2)cc1.COc1ccc(C(=O)/C(CCC[Si](C)(C)C)=C(\O)c2ccc(OC)cc2)cc1.C[Si](C)(C)CCC/C(C(=O)CCCO)=C(/O)CCCO.C[Si](C)(C)CCC/C(C(=O)c1ccc(O)cc1)=C(/O)c1ccc(O)cc1. The molecule has 8 N–H and O–H groups in total. The topological polar surface area (TPSA) is 267 Å². The highest BCUT2D eigenvalue weighted by molar-refractivity contribution is 6.77. The number of benzene rings is 6. The van der Waals surface area contributed by atoms with Crippen molar-refractivity contribution in [2.75, 3.05) is 27.4 Å². The standard InChI is InChI=1S/C29H42O4Si.C23H30O4Si.C21H26O4Si.C15H30O4Si/c1-28(2,3)32-23-16-12-21(13-17-23)26(30)25(11-10-20-34(7,8)9)27(31)22-14-18-24(19-15-22)33-29(4,5)6;1-26-19-12-8-17(9-13-19)22(24)21(7-6-16-28(3,4)5)23(25)18-10-14-20(27-2)15-11-18;1-26(2,3)14-4-5-19(20(24)15-6-10-17(22)11-7-15)21(25)16-8-12-18(23)13-9-16;1-20(2,3)12-6-7-13(14(18)8-4-10-16)15(19)9-5-11-17/h12-19,30H,10-11,20H2,1-9H3;8-15,24H,6-7,16H2,1-5H3;6-13,22-24H,4-5,14H2,1-3H3;16-18H,4-12H2,1-3H3/b26-25-;22-21-;20-19-;14-13-. The Hall–Kier alpha value is -8.25. The fourth-order valence-corrected chi connectivity index (χ4v) is 16.2. The maximum atomic E-state index is 13.5. The number of rotatable bonds is 36. The molecule has 108 heavy (non-hydrogen) atoms. The maximum absolute atomic E-state index is 13.5. The van der Waals surface area contributed by atoms with E-state index in [0.29, 0.717) is 118 Å². The molecule has 0 aliphatic heterocycles. The molecule has 20 heteroatoms. The van der Waals surface area contributed by atoms with Crippen molar-refractivity contribution < 1.29 is 79.0 Å². The number of methoxy groups -OCH3 is 2. The van der Waals surface area contributed by atoms with E-state index in [1.165, 1.54) is 24.3 Å². The first-order valence-electron chi connectivity index (χ1n) is 37.8. The first-order chi connectivity index (χ1) is 50.3. The third kappa shape index (κ3) is 36.8. The highest BCUT2D eigenvalue weighted by Crippen LogP contribution is 2.33. The number of aliphatic hydroxyl groups excluding tert-OH is 6. The first kappa shape index (κ1) is 94.0. The summed E-state index contributed by atoms with van der Waals surface area (Å²) in [4.78, 5) is 51.7. The lowest BCUT2D eigenvalue weighted by atomic mass is 9.96. The summed E-state index contributed by atoms with van der Waals surface area (Å²) in [7, 11) is -1.69. The van der Waals surface area contributed by atoms with Crippen LogP contribution in [0.3, 0.4) is 0 Å². The molecule has 0 aliphatic rings. The van der Waals surface area contributed by atoms with Crippen molar-refractivity contribution in [3.63, 3.8) is 0 Å². The number of phenolic OH excluding ortho intramolecular Hbond substituents is 2. The van der Waals surface area contributed by atoms with E-state index in [2.05, 4.69) is 78.6 Å². The molecule has 592 valence electrons. The third-order valence-corrected chi connectivity index (χ3v) is 24.4. The molecule has 0 saturated carbocycles. The van der Waals surface area contributed by atoms with Gasteiger partial charge in [-0.25, -0.2) is 0 Å². The van der Waals surface area contributed by atoms with E-state index in [-0.39, 0.29) is 88.5 Å². The molecular formula is C88H128O16Si4. The molecule has 16 nitrogen and oxygen atoms in total. The van der Waals surface area contributed by atoms with Gasteiger partial charge in [0.25, 0.3) is 0 Å². The molecule has 0 spiro atoms. The number of carbonyl (C=O) groups is 4. The molecule has 0 amide bonds. The van der Waals surface area contributed by atoms with Gasteiger partial charge in [0.15, 0.2) is 23.1 Å². The fourth-order valence-electron chi connectivity index (χ4n) is 11.3. The molecule has 0 saturated heterocycles. The third-order valence-electron chi connectivity index (χ3n) is 17.0. The average molecular weight is 1550 g/mol. The van der Waals surface area contributed by atoms with Crippen LogP contribution in [0, 0.1) is 0 Å². The summed E-state index contributed by atoms with van der Waals surface area (Å²) in [6.07, 6.45) is 7.21. The predicted molar refractivity (Wildman–Crippen MR) is 454 cm³/mol. The number of phenols is 2. The Morgan fingerprint density at radius 1 is 0.315 bits per heavy atom. The van der Waals surface area contributed by atoms with Gasteiger partial charge >= 0.3 is 0 Å². The van der Waals surface area contributed by atoms with Crippen LogP contribution in [0.25, 0.3) is 17.3 Å². The summed E-state index contributed by atoms with van der Waals surface area (Å²) in [5, 5.41) is 79.3. The van der Waals surface area contributed by atoms with Crippen LogP contribution in [0.4, 0.5) is 0 Å². The number of hydrogen-bond donors (Lipinski definition) is 8. The lowest BCUT2D eigenvalue weighted by molar-refractivity contribution is -0.116. The largest absolute Gasteiger partial charge is 0.512 e. The zero-order valence-corrected chi connectivity index (χ0v) is 72.4. The van der Waals surface area contributed by atoms with E-state index in [4.69, 9.17) is 29.2 Å². The van der Waals surface area contributed by atoms with Crippen LogP contribution in [0.15, 0.2) is 174 Å². The molecule has 0 radical (unpaired) electrons. The molecule has 0 aliphatic carbocycles. The van der Waals surface area contributed by atoms with E-state index in [1.807, 2.05) is 77.9 Å². The monoisotopic (exact) mass is 1550 g/mol. The van der Waals surface area contributed by atoms with Gasteiger partial charge in [-0.2, -0.15) is 0 Å². The van der Waals surface area contributed by atoms with E-state index in [1.54, 1.807) is 99.1 Å². The Kier molecular flexibility index (Phi) is 38.6. The van der Waals surface area contributed by atoms with Gasteiger partial charge < -0.3 is 59.8 Å². The molecule has 0 aromatic heterocycles. The second kappa shape index (κ2) is 44.4. The van der Waals surface area contributed by atoms with Crippen molar-refractivity contribution in [1.82, 2.24) is 0 Å². The quantitative estimate of drug-likeness (QED) is 0.00786. The number of ether oxygens (including phenoxy) is 4. The van der Waals surface area contributed by atoms with Crippen LogP contribution in [-0.4, -0.2) is 135 Å². The Labute approximate surface area is 649 Å². The van der Waals surface area contributed by atoms with Gasteiger partial charge in [-0.05, 0) is 226 Å². The van der Waals surface area contributed by atoms with Gasteiger partial charge in [-0.1, -0.05) is 128 Å². The van der Waals surface area contributed by atoms with Gasteiger partial charge in [0.2, 0.25) is 0 Å². The van der Waals surface area contributed by atoms with Gasteiger partial charge in [0.05, 0.1) is 20.0 Å². The lowest BCUT2D eigenvalue weighted by Gasteiger charge is -2.21. The number of Topliss-reactive ketones (excluding diaryl/α,β-unsaturated/α-hetero) is 4. The van der Waals surface area contributed by atoms with Crippen LogP contribution in [-0.2, 0) is 4.79 Å². The van der Waals surface area contributed by atoms with Crippen molar-refractivity contribution in [3.8, 4) is 34.5 Å². The molecule has 6 rings (SSSR count). The summed E-state index contributed by atoms with van der Waals surface area (Å²) in [5.41, 5.74) is 4.40. The maximum Gasteiger partial charge on any atom is 0.192 e. The van der Waals surface area contributed by atoms with Gasteiger partial charge in [-0.3, -0.25) is 19.2 Å². The molecule has 0 bridgehead atoms. The van der Waals surface area contributed by atoms with Gasteiger partial charge in [0.1, 0.15) is 63.0 Å². The summed E-state index contributed by atoms with van der Waals surface area (Å²) in [5.74, 6) is 2.58. The zero-order valence-electron chi connectivity index (χ0n) is 68.4. The Balaban J connectivity index is 0.000000380. The Bertz CT molecular complexity index is 3890. The number of ketones is 4. The molecule has 0 unspecified atom stereocenters. The van der Waals surface area contributed by atoms with Crippen LogP contribution < -0.4 is 18.9 Å². The summed E-state index contributed by atoms with van der Waals surface area (Å²) in [6.45, 7) is 39.5. The minimum atomic E-state index is -1.26. The predicted octanol–water partition coefficient (Wildman–Crippen LogP) is 22.7.